The summed E-state index contributed by atoms with van der Waals surface area (Å²) in [5, 5.41) is 258. The number of benzene rings is 8. The summed E-state index contributed by atoms with van der Waals surface area (Å²) < 4.78 is 5.48. The summed E-state index contributed by atoms with van der Waals surface area (Å²) in [4.78, 5) is 0. The van der Waals surface area contributed by atoms with Crippen LogP contribution in [0, 0.1) is 0 Å². The van der Waals surface area contributed by atoms with E-state index in [0.29, 0.717) is 0 Å². The molecule has 0 atom stereocenters. The number of phenolic OH excluding ortho intramolecular Hbond substituents is 24. The van der Waals surface area contributed by atoms with E-state index in [0.717, 1.165) is 24.3 Å². The third kappa shape index (κ3) is 5.21. The van der Waals surface area contributed by atoms with E-state index in [1.54, 1.807) is 0 Å². The second-order valence-electron chi connectivity index (χ2n) is 15.2. The topological polar surface area (TPSA) is 499 Å². The zero-order valence-corrected chi connectivity index (χ0v) is 33.5. The summed E-state index contributed by atoms with van der Waals surface area (Å²) >= 11 is 0. The Balaban J connectivity index is 1.55. The first-order chi connectivity index (χ1) is 32.3. The molecule has 0 aliphatic heterocycles. The molecule has 0 saturated carbocycles. The average molecular weight is 957 g/mol. The maximum Gasteiger partial charge on any atom is 0.208 e. The van der Waals surface area contributed by atoms with Gasteiger partial charge in [-0.1, -0.05) is 24.3 Å². The van der Waals surface area contributed by atoms with Crippen molar-refractivity contribution in [3.63, 3.8) is 0 Å². The molecule has 24 N–H and O–H groups in total. The minimum atomic E-state index is -1.67. The van der Waals surface area contributed by atoms with Crippen LogP contribution in [-0.4, -0.2) is 123 Å². The van der Waals surface area contributed by atoms with Gasteiger partial charge in [0.25, 0.3) is 0 Å². The number of hydrogen-bond acceptors (Lipinski definition) is 25. The molecule has 0 aliphatic rings. The Kier molecular flexibility index (Phi) is 8.76. The van der Waals surface area contributed by atoms with Gasteiger partial charge in [0.1, 0.15) is 5.75 Å². The number of rotatable bonds is 4. The third-order valence-corrected chi connectivity index (χ3v) is 11.7. The highest BCUT2D eigenvalue weighted by atomic mass is 16.4. The third-order valence-electron chi connectivity index (χ3n) is 11.7. The summed E-state index contributed by atoms with van der Waals surface area (Å²) in [6.45, 7) is 0. The van der Waals surface area contributed by atoms with Crippen molar-refractivity contribution in [2.24, 2.45) is 0 Å². The van der Waals surface area contributed by atoms with E-state index in [1.165, 1.54) is 0 Å². The highest BCUT2D eigenvalue weighted by Gasteiger charge is 2.39. The Morgan fingerprint density at radius 3 is 0.797 bits per heavy atom. The molecule has 0 unspecified atom stereocenters. The lowest BCUT2D eigenvalue weighted by atomic mass is 9.81. The number of phenols is 24. The molecule has 1 heterocycles. The van der Waals surface area contributed by atoms with Crippen LogP contribution in [0.3, 0.4) is 0 Å². The van der Waals surface area contributed by atoms with Crippen molar-refractivity contribution in [1.29, 1.82) is 0 Å². The molecule has 0 bridgehead atoms. The van der Waals surface area contributed by atoms with Gasteiger partial charge in [0.05, 0.1) is 33.0 Å². The molecule has 9 aromatic rings. The van der Waals surface area contributed by atoms with Gasteiger partial charge in [-0.25, -0.2) is 0 Å². The van der Waals surface area contributed by atoms with Crippen molar-refractivity contribution >= 4 is 43.5 Å². The minimum Gasteiger partial charge on any atom is -0.506 e. The van der Waals surface area contributed by atoms with Gasteiger partial charge >= 0.3 is 0 Å². The van der Waals surface area contributed by atoms with Crippen molar-refractivity contribution < 1.29 is 127 Å². The van der Waals surface area contributed by atoms with Gasteiger partial charge in [-0.15, -0.1) is 0 Å². The fourth-order valence-electron chi connectivity index (χ4n) is 8.46. The Bertz CT molecular complexity index is 3810. The van der Waals surface area contributed by atoms with E-state index in [-0.39, 0.29) is 5.56 Å². The predicted octanol–water partition coefficient (Wildman–Crippen LogP) is 5.49. The summed E-state index contributed by atoms with van der Waals surface area (Å²) in [6, 6.07) is 3.90. The van der Waals surface area contributed by atoms with Gasteiger partial charge in [0, 0.05) is 32.7 Å². The van der Waals surface area contributed by atoms with Gasteiger partial charge in [0.2, 0.25) is 63.2 Å². The predicted molar refractivity (Wildman–Crippen MR) is 230 cm³/mol. The maximum atomic E-state index is 12.5. The Morgan fingerprint density at radius 2 is 0.391 bits per heavy atom. The molecule has 354 valence electrons. The molecule has 9 rings (SSSR count). The van der Waals surface area contributed by atoms with Gasteiger partial charge in [-0.2, -0.15) is 0 Å². The second-order valence-corrected chi connectivity index (χ2v) is 15.2. The lowest BCUT2D eigenvalue weighted by molar-refractivity contribution is 0.330. The molecule has 0 spiro atoms. The lowest BCUT2D eigenvalue weighted by Crippen LogP contribution is -1.97. The SMILES string of the molecule is Oc1c(O)c(O)c(-c2ccc(-c3c(O)c(O)c4c(-c5c(O)c(O)c(O)c(O)c5O)c5c(O)c(O)c(O)c(O)c5c(-c5c(O)c(O)c6c(oc7c(O)c(O)c(O)c(O)c76)c5O)c4c3O)cc2)c(O)c1O. The molecular formula is C44H28O25. The van der Waals surface area contributed by atoms with E-state index in [1.807, 2.05) is 0 Å². The quantitative estimate of drug-likeness (QED) is 0.0588. The highest BCUT2D eigenvalue weighted by Crippen LogP contribution is 2.68. The molecule has 25 nitrogen and oxygen atoms in total. The molecular weight excluding hydrogens is 928 g/mol. The fraction of sp³-hybridized carbons (Fsp3) is 0. The van der Waals surface area contributed by atoms with E-state index < -0.39 is 220 Å². The minimum absolute atomic E-state index is 0.269. The standard InChI is InChI=1S/C44H28O25/c45-19-7(5-1-3-6(4-2-5)8-21(47)32(58)39(65)33(59)22(8)48)20(46)23(49)12-10(15-27(53)36(62)40(66)37(63)28(15)54)14-13(24(50)34(60)35(61)25(14)51)9(11(12)19)16-26(52)29(55)17-18-30(56)38(64)41(67)42(68)44(18)69-43(17)31(16)57/h1-4,45-68H. The van der Waals surface area contributed by atoms with Crippen LogP contribution in [0.4, 0.5) is 0 Å². The van der Waals surface area contributed by atoms with Crippen LogP contribution in [-0.2, 0) is 0 Å². The van der Waals surface area contributed by atoms with Crippen LogP contribution in [0.5, 0.6) is 138 Å². The van der Waals surface area contributed by atoms with Crippen molar-refractivity contribution in [3.8, 4) is 182 Å². The van der Waals surface area contributed by atoms with E-state index in [9.17, 15) is 123 Å². The number of hydrogen-bond donors (Lipinski definition) is 24. The first-order valence-electron chi connectivity index (χ1n) is 18.8. The number of furan rings is 1. The van der Waals surface area contributed by atoms with Gasteiger partial charge in [-0.3, -0.25) is 0 Å². The molecule has 0 saturated heterocycles. The summed E-state index contributed by atoms with van der Waals surface area (Å²) in [6.07, 6.45) is 0. The van der Waals surface area contributed by atoms with Crippen molar-refractivity contribution in [2.75, 3.05) is 0 Å². The molecule has 69 heavy (non-hydrogen) atoms. The van der Waals surface area contributed by atoms with Crippen molar-refractivity contribution in [1.82, 2.24) is 0 Å². The normalized spacial score (nSPS) is 11.7. The molecule has 0 amide bonds. The average Bonchev–Trinajstić information content (AvgIpc) is 3.74. The second kappa shape index (κ2) is 13.9. The molecule has 1 aromatic heterocycles. The first kappa shape index (κ1) is 43.5. The zero-order valence-electron chi connectivity index (χ0n) is 33.5. The van der Waals surface area contributed by atoms with Crippen LogP contribution < -0.4 is 0 Å². The van der Waals surface area contributed by atoms with Gasteiger partial charge < -0.3 is 127 Å². The van der Waals surface area contributed by atoms with E-state index in [4.69, 9.17) is 4.42 Å². The van der Waals surface area contributed by atoms with Crippen LogP contribution in [0.1, 0.15) is 0 Å². The lowest BCUT2D eigenvalue weighted by Gasteiger charge is -2.25. The van der Waals surface area contributed by atoms with Crippen LogP contribution in [0.25, 0.3) is 88.0 Å². The molecule has 0 fully saturated rings. The maximum absolute atomic E-state index is 12.5. The molecule has 8 aromatic carbocycles. The van der Waals surface area contributed by atoms with E-state index in [2.05, 4.69) is 0 Å². The Labute approximate surface area is 376 Å². The van der Waals surface area contributed by atoms with Gasteiger partial charge in [-0.05, 0) is 11.1 Å². The number of aromatic hydroxyl groups is 24. The Hall–Kier alpha value is -10.7. The summed E-state index contributed by atoms with van der Waals surface area (Å²) in [5.41, 5.74) is -9.59. The molecule has 0 aliphatic carbocycles. The molecule has 0 radical (unpaired) electrons. The fourth-order valence-corrected chi connectivity index (χ4v) is 8.46. The van der Waals surface area contributed by atoms with Crippen LogP contribution in [0.2, 0.25) is 0 Å². The largest absolute Gasteiger partial charge is 0.506 e. The van der Waals surface area contributed by atoms with Crippen molar-refractivity contribution in [2.45, 2.75) is 0 Å². The van der Waals surface area contributed by atoms with Crippen LogP contribution in [0.15, 0.2) is 28.7 Å². The zero-order chi connectivity index (χ0) is 50.6. The summed E-state index contributed by atoms with van der Waals surface area (Å²) in [7, 11) is 0. The monoisotopic (exact) mass is 956 g/mol. The van der Waals surface area contributed by atoms with E-state index >= 15 is 0 Å². The molecule has 25 heteroatoms. The number of fused-ring (bicyclic) bond motifs is 5. The smallest absolute Gasteiger partial charge is 0.208 e. The first-order valence-corrected chi connectivity index (χ1v) is 18.8. The van der Waals surface area contributed by atoms with Gasteiger partial charge in [0.15, 0.2) is 80.2 Å². The highest BCUT2D eigenvalue weighted by molar-refractivity contribution is 6.32. The van der Waals surface area contributed by atoms with Crippen LogP contribution >= 0.6 is 0 Å². The Morgan fingerprint density at radius 1 is 0.174 bits per heavy atom. The van der Waals surface area contributed by atoms with Crippen molar-refractivity contribution in [3.05, 3.63) is 24.3 Å². The summed E-state index contributed by atoms with van der Waals surface area (Å²) in [5.74, 6) is -35.4.